The van der Waals surface area contributed by atoms with Crippen LogP contribution in [0.5, 0.6) is 5.75 Å². The van der Waals surface area contributed by atoms with Crippen LogP contribution in [-0.4, -0.2) is 53.4 Å². The highest BCUT2D eigenvalue weighted by Crippen LogP contribution is 2.63. The van der Waals surface area contributed by atoms with E-state index in [2.05, 4.69) is 0 Å². The van der Waals surface area contributed by atoms with Crippen LogP contribution in [0.1, 0.15) is 25.0 Å². The van der Waals surface area contributed by atoms with Crippen molar-refractivity contribution in [2.45, 2.75) is 61.2 Å². The van der Waals surface area contributed by atoms with Crippen LogP contribution in [0.3, 0.4) is 0 Å². The van der Waals surface area contributed by atoms with Gasteiger partial charge in [0.25, 0.3) is 0 Å². The number of aliphatic hydroxyl groups is 1. The smallest absolute Gasteiger partial charge is 0.460 e. The van der Waals surface area contributed by atoms with Gasteiger partial charge in [-0.3, -0.25) is 0 Å². The van der Waals surface area contributed by atoms with Crippen molar-refractivity contribution < 1.29 is 75.7 Å². The fourth-order valence-corrected chi connectivity index (χ4v) is 2.47. The lowest BCUT2D eigenvalue weighted by Crippen LogP contribution is -2.72. The van der Waals surface area contributed by atoms with E-state index in [-0.39, 0.29) is 12.4 Å². The predicted octanol–water partition coefficient (Wildman–Crippen LogP) is 6.88. The molecule has 0 heterocycles. The molecule has 0 radical (unpaired) electrons. The Balaban J connectivity index is 3.42. The van der Waals surface area contributed by atoms with Crippen molar-refractivity contribution in [1.29, 1.82) is 0 Å². The molecular weight excluding hydrogens is 521 g/mol. The van der Waals surface area contributed by atoms with Gasteiger partial charge in [-0.2, -0.15) is 65.9 Å². The lowest BCUT2D eigenvalue weighted by atomic mass is 9.88. The molecule has 0 aliphatic rings. The minimum atomic E-state index is -8.36. The van der Waals surface area contributed by atoms with Crippen LogP contribution in [0.25, 0.3) is 0 Å². The minimum Gasteiger partial charge on any atom is -0.494 e. The van der Waals surface area contributed by atoms with Crippen molar-refractivity contribution in [2.24, 2.45) is 0 Å². The first-order chi connectivity index (χ1) is 14.9. The van der Waals surface area contributed by atoms with E-state index in [4.69, 9.17) is 4.74 Å². The maximum Gasteiger partial charge on any atom is 0.460 e. The fraction of sp³-hybridized carbons (Fsp3) is 0.647. The van der Waals surface area contributed by atoms with E-state index in [0.717, 1.165) is 24.3 Å². The summed E-state index contributed by atoms with van der Waals surface area (Å²) in [6, 6.07) is 3.63. The van der Waals surface area contributed by atoms with Gasteiger partial charge >= 0.3 is 41.7 Å². The predicted molar refractivity (Wildman–Crippen MR) is 82.9 cm³/mol. The van der Waals surface area contributed by atoms with Crippen LogP contribution in [0.2, 0.25) is 0 Å². The first-order valence-electron chi connectivity index (χ1n) is 8.66. The third-order valence-electron chi connectivity index (χ3n) is 4.40. The van der Waals surface area contributed by atoms with Gasteiger partial charge in [0.1, 0.15) is 5.75 Å². The van der Waals surface area contributed by atoms with Crippen molar-refractivity contribution in [3.05, 3.63) is 29.8 Å². The molecule has 34 heavy (non-hydrogen) atoms. The fourth-order valence-electron chi connectivity index (χ4n) is 2.47. The first kappa shape index (κ1) is 30.0. The van der Waals surface area contributed by atoms with E-state index >= 15 is 0 Å². The third-order valence-corrected chi connectivity index (χ3v) is 4.40. The third kappa shape index (κ3) is 4.58. The molecule has 1 rings (SSSR count). The highest BCUT2D eigenvalue weighted by Gasteiger charge is 2.93. The minimum absolute atomic E-state index is 0.0359. The molecule has 0 saturated carbocycles. The van der Waals surface area contributed by atoms with Crippen LogP contribution in [0.15, 0.2) is 24.3 Å². The number of alkyl halides is 15. The van der Waals surface area contributed by atoms with Gasteiger partial charge in [-0.15, -0.1) is 0 Å². The van der Waals surface area contributed by atoms with Gasteiger partial charge in [0, 0.05) is 6.42 Å². The topological polar surface area (TPSA) is 29.5 Å². The second-order valence-corrected chi connectivity index (χ2v) is 6.80. The Labute approximate surface area is 180 Å². The molecule has 0 aliphatic carbocycles. The van der Waals surface area contributed by atoms with Crippen molar-refractivity contribution in [2.75, 3.05) is 6.61 Å². The summed E-state index contributed by atoms with van der Waals surface area (Å²) in [4.78, 5) is 0. The zero-order valence-corrected chi connectivity index (χ0v) is 16.3. The Morgan fingerprint density at radius 3 is 1.59 bits per heavy atom. The molecule has 1 N–H and O–H groups in total. The summed E-state index contributed by atoms with van der Waals surface area (Å²) in [7, 11) is 0. The average Bonchev–Trinajstić information content (AvgIpc) is 2.66. The molecule has 0 aliphatic heterocycles. The SMILES string of the molecule is CCOc1cccc(C(O)CC(F)(F)C(F)(F)C(F)(F)C(F)(F)C(F)(F)C(F)(F)C(F)(F)F)c1. The van der Waals surface area contributed by atoms with E-state index in [1.807, 2.05) is 0 Å². The maximum atomic E-state index is 13.9. The van der Waals surface area contributed by atoms with Crippen molar-refractivity contribution in [3.8, 4) is 5.75 Å². The van der Waals surface area contributed by atoms with Crippen LogP contribution in [-0.2, 0) is 0 Å². The van der Waals surface area contributed by atoms with Crippen LogP contribution < -0.4 is 4.74 Å². The van der Waals surface area contributed by atoms with E-state index in [9.17, 15) is 71.0 Å². The zero-order chi connectivity index (χ0) is 27.2. The molecule has 1 aromatic rings. The zero-order valence-electron chi connectivity index (χ0n) is 16.3. The molecular formula is C17H13F15O2. The number of halogens is 15. The van der Waals surface area contributed by atoms with E-state index < -0.39 is 59.8 Å². The molecule has 0 fully saturated rings. The van der Waals surface area contributed by atoms with Gasteiger partial charge < -0.3 is 9.84 Å². The summed E-state index contributed by atoms with van der Waals surface area (Å²) in [5.41, 5.74) is -0.731. The number of hydrogen-bond donors (Lipinski definition) is 1. The lowest BCUT2D eigenvalue weighted by molar-refractivity contribution is -0.453. The number of rotatable bonds is 10. The molecule has 0 spiro atoms. The Bertz CT molecular complexity index is 848. The summed E-state index contributed by atoms with van der Waals surface area (Å²) in [5.74, 6) is -47.2. The summed E-state index contributed by atoms with van der Waals surface area (Å²) >= 11 is 0. The molecule has 1 aromatic carbocycles. The highest BCUT2D eigenvalue weighted by molar-refractivity contribution is 5.30. The van der Waals surface area contributed by atoms with Gasteiger partial charge in [0.05, 0.1) is 12.7 Å². The van der Waals surface area contributed by atoms with Gasteiger partial charge in [-0.25, -0.2) is 0 Å². The largest absolute Gasteiger partial charge is 0.494 e. The van der Waals surface area contributed by atoms with Crippen molar-refractivity contribution >= 4 is 0 Å². The lowest BCUT2D eigenvalue weighted by Gasteiger charge is -2.41. The summed E-state index contributed by atoms with van der Waals surface area (Å²) in [6.07, 6.45) is -13.4. The number of hydrogen-bond acceptors (Lipinski definition) is 2. The molecule has 1 atom stereocenters. The van der Waals surface area contributed by atoms with Crippen LogP contribution in [0.4, 0.5) is 65.9 Å². The average molecular weight is 534 g/mol. The van der Waals surface area contributed by atoms with Gasteiger partial charge in [-0.1, -0.05) is 12.1 Å². The molecule has 0 bridgehead atoms. The van der Waals surface area contributed by atoms with Crippen LogP contribution in [0, 0.1) is 0 Å². The van der Waals surface area contributed by atoms with Crippen LogP contribution >= 0.6 is 0 Å². The van der Waals surface area contributed by atoms with E-state index in [0.29, 0.717) is 0 Å². The Morgan fingerprint density at radius 2 is 1.15 bits per heavy atom. The Morgan fingerprint density at radius 1 is 0.706 bits per heavy atom. The summed E-state index contributed by atoms with van der Waals surface area (Å²) < 4.78 is 203. The maximum absolute atomic E-state index is 13.9. The number of ether oxygens (including phenoxy) is 1. The van der Waals surface area contributed by atoms with Crippen molar-refractivity contribution in [1.82, 2.24) is 0 Å². The van der Waals surface area contributed by atoms with E-state index in [1.165, 1.54) is 6.92 Å². The first-order valence-corrected chi connectivity index (χ1v) is 8.66. The molecule has 198 valence electrons. The Kier molecular flexibility index (Phi) is 7.81. The summed E-state index contributed by atoms with van der Waals surface area (Å²) in [5, 5.41) is 9.66. The number of aliphatic hydroxyl groups excluding tert-OH is 1. The second-order valence-electron chi connectivity index (χ2n) is 6.80. The molecule has 1 unspecified atom stereocenters. The number of benzene rings is 1. The normalized spacial score (nSPS) is 15.9. The summed E-state index contributed by atoms with van der Waals surface area (Å²) in [6.45, 7) is 1.39. The molecule has 0 aromatic heterocycles. The highest BCUT2D eigenvalue weighted by atomic mass is 19.4. The van der Waals surface area contributed by atoms with Gasteiger partial charge in [-0.05, 0) is 24.6 Å². The molecule has 17 heteroatoms. The second kappa shape index (κ2) is 8.86. The van der Waals surface area contributed by atoms with E-state index in [1.54, 1.807) is 0 Å². The standard InChI is InChI=1S/C17H13F15O2/c1-2-34-9-5-3-4-8(6-9)10(33)7-11(18,19)12(20,21)13(22,23)14(24,25)15(26,27)16(28,29)17(30,31)32/h3-6,10,33H,2,7H2,1H3. The Hall–Kier alpha value is -2.07. The molecule has 0 saturated heterocycles. The monoisotopic (exact) mass is 534 g/mol. The molecule has 0 amide bonds. The quantitative estimate of drug-likeness (QED) is 0.332. The van der Waals surface area contributed by atoms with Gasteiger partial charge in [0.15, 0.2) is 0 Å². The molecule has 2 nitrogen and oxygen atoms in total. The van der Waals surface area contributed by atoms with Gasteiger partial charge in [0.2, 0.25) is 0 Å². The van der Waals surface area contributed by atoms with Crippen molar-refractivity contribution in [3.63, 3.8) is 0 Å².